The van der Waals surface area contributed by atoms with E-state index in [2.05, 4.69) is 27.9 Å². The molecule has 0 bridgehead atoms. The number of likely N-dealkylation sites (tertiary alicyclic amines) is 1. The molecule has 1 aromatic carbocycles. The van der Waals surface area contributed by atoms with Gasteiger partial charge in [0.1, 0.15) is 0 Å². The summed E-state index contributed by atoms with van der Waals surface area (Å²) in [6, 6.07) is 7.29. The van der Waals surface area contributed by atoms with Crippen LogP contribution in [0.3, 0.4) is 0 Å². The third kappa shape index (κ3) is 5.07. The molecule has 1 aromatic rings. The van der Waals surface area contributed by atoms with E-state index in [9.17, 15) is 4.79 Å². The normalized spacial score (nSPS) is 20.7. The molecule has 2 heterocycles. The SMILES string of the molecule is N=CC(=CN)C(N)=C1CCN(C(=O)Nc2cccc(I)c2)C1=NN1CCOCC1. The van der Waals surface area contributed by atoms with Crippen molar-refractivity contribution in [2.75, 3.05) is 38.2 Å². The van der Waals surface area contributed by atoms with Gasteiger partial charge in [-0.25, -0.2) is 4.79 Å². The number of nitrogens with zero attached hydrogens (tertiary/aromatic N) is 3. The number of amidine groups is 1. The van der Waals surface area contributed by atoms with Crippen LogP contribution in [0.5, 0.6) is 0 Å². The summed E-state index contributed by atoms with van der Waals surface area (Å²) in [4.78, 5) is 14.6. The number of morpholine rings is 1. The Morgan fingerprint density at radius 1 is 1.31 bits per heavy atom. The number of carbonyl (C=O) groups is 1. The third-order valence-electron chi connectivity index (χ3n) is 4.63. The summed E-state index contributed by atoms with van der Waals surface area (Å²) in [5.41, 5.74) is 14.0. The minimum Gasteiger partial charge on any atom is -0.404 e. The van der Waals surface area contributed by atoms with Crippen LogP contribution in [0.15, 0.2) is 52.4 Å². The minimum atomic E-state index is -0.282. The molecule has 2 saturated heterocycles. The van der Waals surface area contributed by atoms with Gasteiger partial charge in [-0.05, 0) is 47.2 Å². The molecule has 9 nitrogen and oxygen atoms in total. The summed E-state index contributed by atoms with van der Waals surface area (Å²) in [6.07, 6.45) is 2.92. The minimum absolute atomic E-state index is 0.282. The molecule has 2 aliphatic heterocycles. The Morgan fingerprint density at radius 3 is 2.72 bits per heavy atom. The average molecular weight is 509 g/mol. The zero-order valence-corrected chi connectivity index (χ0v) is 18.1. The number of allylic oxidation sites excluding steroid dienone is 1. The Bertz CT molecular complexity index is 875. The Hall–Kier alpha value is -2.60. The molecule has 3 rings (SSSR count). The number of hydrogen-bond donors (Lipinski definition) is 4. The van der Waals surface area contributed by atoms with Crippen LogP contribution in [0.2, 0.25) is 0 Å². The first-order valence-corrected chi connectivity index (χ1v) is 10.3. The Kier molecular flexibility index (Phi) is 7.09. The standard InChI is InChI=1S/C19H24IN7O2/c20-14-2-1-3-15(10-14)24-19(28)27-5-4-16(17(23)13(11-21)12-22)18(27)25-26-6-8-29-9-7-26/h1-3,10-12,21H,4-9,22-23H2,(H,24,28). The van der Waals surface area contributed by atoms with Crippen LogP contribution in [-0.4, -0.2) is 60.8 Å². The predicted octanol–water partition coefficient (Wildman–Crippen LogP) is 1.88. The molecule has 0 atom stereocenters. The fourth-order valence-corrected chi connectivity index (χ4v) is 3.65. The lowest BCUT2D eigenvalue weighted by Gasteiger charge is -2.26. The zero-order chi connectivity index (χ0) is 20.8. The van der Waals surface area contributed by atoms with Crippen LogP contribution >= 0.6 is 22.6 Å². The van der Waals surface area contributed by atoms with E-state index < -0.39 is 0 Å². The number of anilines is 1. The lowest BCUT2D eigenvalue weighted by atomic mass is 10.1. The highest BCUT2D eigenvalue weighted by molar-refractivity contribution is 14.1. The van der Waals surface area contributed by atoms with E-state index in [1.807, 2.05) is 29.3 Å². The third-order valence-corrected chi connectivity index (χ3v) is 5.30. The van der Waals surface area contributed by atoms with Gasteiger partial charge in [0.05, 0.1) is 26.3 Å². The number of benzene rings is 1. The molecule has 0 spiro atoms. The van der Waals surface area contributed by atoms with Gasteiger partial charge in [-0.1, -0.05) is 6.07 Å². The second-order valence-electron chi connectivity index (χ2n) is 6.49. The van der Waals surface area contributed by atoms with Crippen molar-refractivity contribution in [3.63, 3.8) is 0 Å². The molecule has 0 unspecified atom stereocenters. The lowest BCUT2D eigenvalue weighted by Crippen LogP contribution is -2.40. The average Bonchev–Trinajstić information content (AvgIpc) is 3.13. The van der Waals surface area contributed by atoms with E-state index >= 15 is 0 Å². The van der Waals surface area contributed by atoms with Crippen molar-refractivity contribution in [3.05, 3.63) is 50.9 Å². The molecule has 2 aliphatic rings. The predicted molar refractivity (Wildman–Crippen MR) is 122 cm³/mol. The first-order chi connectivity index (χ1) is 14.0. The van der Waals surface area contributed by atoms with Crippen molar-refractivity contribution in [2.45, 2.75) is 6.42 Å². The van der Waals surface area contributed by atoms with Crippen LogP contribution in [0.1, 0.15) is 6.42 Å². The van der Waals surface area contributed by atoms with Crippen molar-refractivity contribution >= 4 is 46.4 Å². The number of halogens is 1. The molecule has 0 aliphatic carbocycles. The van der Waals surface area contributed by atoms with E-state index in [4.69, 9.17) is 26.7 Å². The van der Waals surface area contributed by atoms with Crippen molar-refractivity contribution in [2.24, 2.45) is 16.6 Å². The molecular formula is C19H24IN7O2. The molecule has 2 amide bonds. The molecule has 0 radical (unpaired) electrons. The number of urea groups is 1. The quantitative estimate of drug-likeness (QED) is 0.364. The summed E-state index contributed by atoms with van der Waals surface area (Å²) >= 11 is 2.20. The van der Waals surface area contributed by atoms with Crippen LogP contribution in [0, 0.1) is 8.98 Å². The van der Waals surface area contributed by atoms with Gasteiger partial charge in [0, 0.05) is 45.1 Å². The fraction of sp³-hybridized carbons (Fsp3) is 0.316. The second-order valence-corrected chi connectivity index (χ2v) is 7.74. The second kappa shape index (κ2) is 9.74. The number of nitrogens with two attached hydrogens (primary N) is 2. The van der Waals surface area contributed by atoms with Gasteiger partial charge < -0.3 is 26.9 Å². The lowest BCUT2D eigenvalue weighted by molar-refractivity contribution is 0.0389. The highest BCUT2D eigenvalue weighted by Gasteiger charge is 2.32. The van der Waals surface area contributed by atoms with Crippen LogP contribution in [-0.2, 0) is 4.74 Å². The molecule has 2 fully saturated rings. The van der Waals surface area contributed by atoms with Gasteiger partial charge >= 0.3 is 6.03 Å². The Labute approximate surface area is 183 Å². The number of rotatable bonds is 4. The van der Waals surface area contributed by atoms with Crippen molar-refractivity contribution in [3.8, 4) is 0 Å². The topological polar surface area (TPSA) is 133 Å². The van der Waals surface area contributed by atoms with E-state index in [1.54, 1.807) is 4.90 Å². The molecule has 154 valence electrons. The molecule has 29 heavy (non-hydrogen) atoms. The number of carbonyl (C=O) groups excluding carboxylic acids is 1. The summed E-state index contributed by atoms with van der Waals surface area (Å²) in [5.74, 6) is 0.480. The first kappa shape index (κ1) is 21.1. The van der Waals surface area contributed by atoms with Crippen molar-refractivity contribution in [1.29, 1.82) is 5.41 Å². The number of hydrogen-bond acceptors (Lipinski definition) is 7. The van der Waals surface area contributed by atoms with Gasteiger partial charge in [0.25, 0.3) is 0 Å². The van der Waals surface area contributed by atoms with Gasteiger partial charge in [-0.3, -0.25) is 9.91 Å². The maximum Gasteiger partial charge on any atom is 0.327 e. The van der Waals surface area contributed by atoms with Crippen molar-refractivity contribution in [1.82, 2.24) is 9.91 Å². The molecule has 10 heteroatoms. The zero-order valence-electron chi connectivity index (χ0n) is 15.9. The summed E-state index contributed by atoms with van der Waals surface area (Å²) < 4.78 is 6.40. The van der Waals surface area contributed by atoms with Gasteiger partial charge in [-0.2, -0.15) is 5.10 Å². The number of hydrazone groups is 1. The van der Waals surface area contributed by atoms with E-state index in [0.717, 1.165) is 9.78 Å². The highest BCUT2D eigenvalue weighted by Crippen LogP contribution is 2.25. The Balaban J connectivity index is 1.92. The summed E-state index contributed by atoms with van der Waals surface area (Å²) in [5, 5.41) is 17.0. The van der Waals surface area contributed by atoms with Gasteiger partial charge in [0.2, 0.25) is 0 Å². The highest BCUT2D eigenvalue weighted by atomic mass is 127. The van der Waals surface area contributed by atoms with Crippen LogP contribution in [0.4, 0.5) is 10.5 Å². The number of ether oxygens (including phenoxy) is 1. The van der Waals surface area contributed by atoms with E-state index in [-0.39, 0.29) is 6.03 Å². The van der Waals surface area contributed by atoms with Crippen LogP contribution < -0.4 is 16.8 Å². The molecular weight excluding hydrogens is 485 g/mol. The van der Waals surface area contributed by atoms with Crippen molar-refractivity contribution < 1.29 is 9.53 Å². The van der Waals surface area contributed by atoms with E-state index in [0.29, 0.717) is 67.6 Å². The molecule has 6 N–H and O–H groups in total. The monoisotopic (exact) mass is 509 g/mol. The molecule has 0 aromatic heterocycles. The van der Waals surface area contributed by atoms with Gasteiger partial charge in [0.15, 0.2) is 5.84 Å². The Morgan fingerprint density at radius 2 is 2.07 bits per heavy atom. The largest absolute Gasteiger partial charge is 0.404 e. The molecule has 0 saturated carbocycles. The number of nitrogens with one attached hydrogen (secondary N) is 2. The first-order valence-electron chi connectivity index (χ1n) is 9.20. The number of amides is 2. The summed E-state index contributed by atoms with van der Waals surface area (Å²) in [7, 11) is 0. The fourth-order valence-electron chi connectivity index (χ4n) is 3.11. The van der Waals surface area contributed by atoms with Crippen LogP contribution in [0.25, 0.3) is 0 Å². The van der Waals surface area contributed by atoms with Gasteiger partial charge in [-0.15, -0.1) is 0 Å². The van der Waals surface area contributed by atoms with E-state index in [1.165, 1.54) is 6.20 Å². The smallest absolute Gasteiger partial charge is 0.327 e. The maximum atomic E-state index is 13.0. The maximum absolute atomic E-state index is 13.0. The summed E-state index contributed by atoms with van der Waals surface area (Å²) in [6.45, 7) is 2.86.